The fourth-order valence-corrected chi connectivity index (χ4v) is 4.81. The summed E-state index contributed by atoms with van der Waals surface area (Å²) in [6.07, 6.45) is -0.0523. The van der Waals surface area contributed by atoms with Gasteiger partial charge in [-0.2, -0.15) is 4.99 Å². The van der Waals surface area contributed by atoms with Crippen molar-refractivity contribution < 1.29 is 32.2 Å². The molecule has 10 nitrogen and oxygen atoms in total. The fraction of sp³-hybridized carbons (Fsp3) is 0.286. The molecule has 176 valence electrons. The lowest BCUT2D eigenvalue weighted by molar-refractivity contribution is -0.143. The zero-order chi connectivity index (χ0) is 24.2. The van der Waals surface area contributed by atoms with Crippen molar-refractivity contribution in [2.75, 3.05) is 20.8 Å². The van der Waals surface area contributed by atoms with Gasteiger partial charge >= 0.3 is 5.97 Å². The minimum atomic E-state index is -3.92. The summed E-state index contributed by atoms with van der Waals surface area (Å²) in [5, 5.41) is 5.23. The lowest BCUT2D eigenvalue weighted by Crippen LogP contribution is -2.23. The van der Waals surface area contributed by atoms with Gasteiger partial charge in [-0.05, 0) is 31.2 Å². The van der Waals surface area contributed by atoms with Crippen molar-refractivity contribution in [1.29, 1.82) is 0 Å². The number of ether oxygens (including phenoxy) is 3. The monoisotopic (exact) mass is 493 g/mol. The van der Waals surface area contributed by atoms with Crippen molar-refractivity contribution in [3.05, 3.63) is 46.8 Å². The van der Waals surface area contributed by atoms with E-state index in [9.17, 15) is 18.0 Å². The highest BCUT2D eigenvalue weighted by Gasteiger charge is 2.16. The Morgan fingerprint density at radius 3 is 2.52 bits per heavy atom. The Hall–Kier alpha value is -3.22. The van der Waals surface area contributed by atoms with Crippen LogP contribution in [0.2, 0.25) is 0 Å². The van der Waals surface area contributed by atoms with E-state index in [1.165, 1.54) is 37.0 Å². The molecular weight excluding hydrogens is 470 g/mol. The lowest BCUT2D eigenvalue weighted by atomic mass is 10.1. The van der Waals surface area contributed by atoms with Crippen molar-refractivity contribution in [2.45, 2.75) is 24.8 Å². The molecule has 0 unspecified atom stereocenters. The van der Waals surface area contributed by atoms with Gasteiger partial charge in [-0.1, -0.05) is 17.4 Å². The van der Waals surface area contributed by atoms with Crippen molar-refractivity contribution in [1.82, 2.24) is 4.57 Å². The number of sulfonamides is 1. The molecular formula is C21H23N3O7S2. The van der Waals surface area contributed by atoms with Gasteiger partial charge in [0, 0.05) is 11.6 Å². The molecule has 0 saturated carbocycles. The van der Waals surface area contributed by atoms with E-state index in [0.717, 1.165) is 11.3 Å². The van der Waals surface area contributed by atoms with Crippen LogP contribution in [-0.4, -0.2) is 45.7 Å². The van der Waals surface area contributed by atoms with E-state index in [2.05, 4.69) is 4.99 Å². The quantitative estimate of drug-likeness (QED) is 0.470. The highest BCUT2D eigenvalue weighted by Crippen LogP contribution is 2.25. The Morgan fingerprint density at radius 1 is 1.12 bits per heavy atom. The molecule has 3 aromatic rings. The van der Waals surface area contributed by atoms with Gasteiger partial charge in [0.1, 0.15) is 18.0 Å². The number of primary sulfonamides is 1. The van der Waals surface area contributed by atoms with Crippen LogP contribution in [0.3, 0.4) is 0 Å². The second kappa shape index (κ2) is 10.1. The Bertz CT molecular complexity index is 1370. The summed E-state index contributed by atoms with van der Waals surface area (Å²) in [4.78, 5) is 29.2. The molecule has 1 aromatic heterocycles. The topological polar surface area (TPSA) is 139 Å². The van der Waals surface area contributed by atoms with E-state index in [1.54, 1.807) is 25.1 Å². The summed E-state index contributed by atoms with van der Waals surface area (Å²) >= 11 is 1.07. The van der Waals surface area contributed by atoms with Crippen LogP contribution in [0.4, 0.5) is 0 Å². The molecule has 0 aliphatic rings. The fourth-order valence-electron chi connectivity index (χ4n) is 3.11. The molecule has 0 radical (unpaired) electrons. The van der Waals surface area contributed by atoms with Gasteiger partial charge in [-0.3, -0.25) is 9.59 Å². The molecule has 12 heteroatoms. The van der Waals surface area contributed by atoms with Gasteiger partial charge in [0.25, 0.3) is 5.91 Å². The van der Waals surface area contributed by atoms with Crippen LogP contribution >= 0.6 is 11.3 Å². The molecule has 0 atom stereocenters. The van der Waals surface area contributed by atoms with Crippen LogP contribution in [0.5, 0.6) is 11.5 Å². The third kappa shape index (κ3) is 5.78. The number of benzene rings is 2. The molecule has 1 amide bonds. The number of hydrogen-bond donors (Lipinski definition) is 1. The highest BCUT2D eigenvalue weighted by molar-refractivity contribution is 7.89. The first kappa shape index (κ1) is 24.4. The van der Waals surface area contributed by atoms with Crippen LogP contribution in [0, 0.1) is 0 Å². The number of carbonyl (C=O) groups excluding carboxylic acids is 2. The second-order valence-corrected chi connectivity index (χ2v) is 9.38. The average Bonchev–Trinajstić information content (AvgIpc) is 3.09. The molecule has 33 heavy (non-hydrogen) atoms. The zero-order valence-corrected chi connectivity index (χ0v) is 19.9. The molecule has 0 bridgehead atoms. The van der Waals surface area contributed by atoms with Gasteiger partial charge in [0.05, 0.1) is 42.4 Å². The van der Waals surface area contributed by atoms with Gasteiger partial charge in [0.15, 0.2) is 4.80 Å². The van der Waals surface area contributed by atoms with Gasteiger partial charge in [-0.25, -0.2) is 13.6 Å². The van der Waals surface area contributed by atoms with Crippen LogP contribution in [-0.2, 0) is 37.3 Å². The molecule has 0 fully saturated rings. The van der Waals surface area contributed by atoms with E-state index >= 15 is 0 Å². The normalized spacial score (nSPS) is 12.1. The first-order chi connectivity index (χ1) is 15.7. The number of nitrogens with two attached hydrogens (primary N) is 1. The van der Waals surface area contributed by atoms with Crippen LogP contribution in [0.25, 0.3) is 10.2 Å². The molecule has 3 rings (SSSR count). The van der Waals surface area contributed by atoms with Crippen molar-refractivity contribution in [3.63, 3.8) is 0 Å². The summed E-state index contributed by atoms with van der Waals surface area (Å²) in [5.74, 6) is 0.0709. The number of esters is 1. The van der Waals surface area contributed by atoms with E-state index in [0.29, 0.717) is 27.3 Å². The van der Waals surface area contributed by atoms with Crippen molar-refractivity contribution in [2.24, 2.45) is 10.1 Å². The van der Waals surface area contributed by atoms with Gasteiger partial charge in [-0.15, -0.1) is 0 Å². The Labute approximate surface area is 194 Å². The number of amides is 1. The molecule has 2 N–H and O–H groups in total. The molecule has 1 heterocycles. The Kier molecular flexibility index (Phi) is 7.51. The Morgan fingerprint density at radius 2 is 1.88 bits per heavy atom. The number of nitrogens with zero attached hydrogens (tertiary/aromatic N) is 2. The predicted octanol–water partition coefficient (Wildman–Crippen LogP) is 1.60. The summed E-state index contributed by atoms with van der Waals surface area (Å²) in [5.41, 5.74) is 1.13. The number of rotatable bonds is 8. The second-order valence-electron chi connectivity index (χ2n) is 6.81. The number of thiazole rings is 1. The zero-order valence-electron chi connectivity index (χ0n) is 18.2. The number of methoxy groups -OCH3 is 2. The number of aromatic nitrogens is 1. The van der Waals surface area contributed by atoms with E-state index in [4.69, 9.17) is 19.3 Å². The third-order valence-corrected chi connectivity index (χ3v) is 6.58. The Balaban J connectivity index is 2.05. The van der Waals surface area contributed by atoms with Crippen LogP contribution in [0.15, 0.2) is 46.3 Å². The first-order valence-corrected chi connectivity index (χ1v) is 12.1. The SMILES string of the molecule is CCOC(=O)Cn1c(=NC(=O)Cc2ccc(OC)cc2OC)sc2cc(S(N)(=O)=O)ccc21. The van der Waals surface area contributed by atoms with Gasteiger partial charge in [0.2, 0.25) is 10.0 Å². The van der Waals surface area contributed by atoms with Gasteiger partial charge < -0.3 is 18.8 Å². The van der Waals surface area contributed by atoms with Crippen molar-refractivity contribution >= 4 is 43.5 Å². The maximum absolute atomic E-state index is 12.8. The largest absolute Gasteiger partial charge is 0.497 e. The summed E-state index contributed by atoms with van der Waals surface area (Å²) in [6, 6.07) is 9.31. The third-order valence-electron chi connectivity index (χ3n) is 4.63. The van der Waals surface area contributed by atoms with E-state index < -0.39 is 21.9 Å². The van der Waals surface area contributed by atoms with E-state index in [1.807, 2.05) is 0 Å². The standard InChI is InChI=1S/C21H23N3O7S2/c1-4-31-20(26)12-24-16-8-7-15(33(22,27)28)11-18(16)32-21(24)23-19(25)9-13-5-6-14(29-2)10-17(13)30-3/h5-8,10-11H,4,9,12H2,1-3H3,(H2,22,27,28). The molecule has 0 aliphatic carbocycles. The van der Waals surface area contributed by atoms with E-state index in [-0.39, 0.29) is 29.3 Å². The molecule has 0 aliphatic heterocycles. The maximum atomic E-state index is 12.8. The molecule has 2 aromatic carbocycles. The first-order valence-electron chi connectivity index (χ1n) is 9.76. The summed E-state index contributed by atoms with van der Waals surface area (Å²) < 4.78 is 41.0. The van der Waals surface area contributed by atoms with Crippen LogP contribution in [0.1, 0.15) is 12.5 Å². The summed E-state index contributed by atoms with van der Waals surface area (Å²) in [7, 11) is -0.907. The highest BCUT2D eigenvalue weighted by atomic mass is 32.2. The lowest BCUT2D eigenvalue weighted by Gasteiger charge is -2.09. The number of fused-ring (bicyclic) bond motifs is 1. The average molecular weight is 494 g/mol. The smallest absolute Gasteiger partial charge is 0.326 e. The molecule has 0 saturated heterocycles. The maximum Gasteiger partial charge on any atom is 0.326 e. The predicted molar refractivity (Wildman–Crippen MR) is 122 cm³/mol. The van der Waals surface area contributed by atoms with Crippen molar-refractivity contribution in [3.8, 4) is 11.5 Å². The van der Waals surface area contributed by atoms with Crippen LogP contribution < -0.4 is 19.4 Å². The number of hydrogen-bond acceptors (Lipinski definition) is 8. The minimum absolute atomic E-state index is 0.0523. The summed E-state index contributed by atoms with van der Waals surface area (Å²) in [6.45, 7) is 1.68. The minimum Gasteiger partial charge on any atom is -0.497 e. The number of carbonyl (C=O) groups is 2. The molecule has 0 spiro atoms.